The molecule has 0 spiro atoms. The second-order valence-electron chi connectivity index (χ2n) is 5.41. The van der Waals surface area contributed by atoms with Crippen LogP contribution in [0.5, 0.6) is 17.2 Å². The zero-order chi connectivity index (χ0) is 16.2. The van der Waals surface area contributed by atoms with Crippen LogP contribution in [-0.4, -0.2) is 18.7 Å². The third-order valence-corrected chi connectivity index (χ3v) is 4.59. The summed E-state index contributed by atoms with van der Waals surface area (Å²) in [6, 6.07) is 7.53. The molecule has 0 saturated carbocycles. The van der Waals surface area contributed by atoms with Crippen LogP contribution in [0.3, 0.4) is 0 Å². The Balaban J connectivity index is 1.58. The molecule has 0 aliphatic carbocycles. The molecule has 0 bridgehead atoms. The number of rotatable bonds is 6. The molecule has 1 aromatic heterocycles. The van der Waals surface area contributed by atoms with Crippen molar-refractivity contribution in [3.05, 3.63) is 40.1 Å². The number of benzene rings is 1. The maximum Gasteiger partial charge on any atom is 0.261 e. The summed E-state index contributed by atoms with van der Waals surface area (Å²) in [5.41, 5.74) is 0.974. The number of fused-ring (bicyclic) bond motifs is 1. The van der Waals surface area contributed by atoms with Crippen LogP contribution in [0.4, 0.5) is 0 Å². The minimum Gasteiger partial charge on any atom is -0.489 e. The van der Waals surface area contributed by atoms with E-state index in [0.29, 0.717) is 23.0 Å². The van der Waals surface area contributed by atoms with Gasteiger partial charge >= 0.3 is 0 Å². The number of hydrogen-bond acceptors (Lipinski definition) is 5. The molecule has 1 N–H and O–H groups in total. The number of carbonyl (C=O) groups excluding carboxylic acids is 1. The Hall–Kier alpha value is -2.21. The third kappa shape index (κ3) is 3.76. The van der Waals surface area contributed by atoms with E-state index in [1.807, 2.05) is 43.5 Å². The van der Waals surface area contributed by atoms with Crippen molar-refractivity contribution in [1.82, 2.24) is 5.32 Å². The van der Waals surface area contributed by atoms with Gasteiger partial charge in [0.25, 0.3) is 5.91 Å². The zero-order valence-corrected chi connectivity index (χ0v) is 13.9. The van der Waals surface area contributed by atoms with Crippen LogP contribution in [-0.2, 0) is 6.61 Å². The number of nitrogens with one attached hydrogen (secondary N) is 1. The number of amides is 1. The lowest BCUT2D eigenvalue weighted by molar-refractivity contribution is 0.0943. The fourth-order valence-corrected chi connectivity index (χ4v) is 2.90. The average molecular weight is 333 g/mol. The normalized spacial score (nSPS) is 13.7. The van der Waals surface area contributed by atoms with Gasteiger partial charge in [0.2, 0.25) is 6.79 Å². The molecule has 2 aromatic rings. The number of hydrogen-bond donors (Lipinski definition) is 1. The molecule has 3 rings (SSSR count). The highest BCUT2D eigenvalue weighted by Crippen LogP contribution is 2.35. The van der Waals surface area contributed by atoms with E-state index in [-0.39, 0.29) is 18.7 Å². The maximum atomic E-state index is 12.1. The van der Waals surface area contributed by atoms with Crippen molar-refractivity contribution in [3.8, 4) is 17.2 Å². The van der Waals surface area contributed by atoms with Crippen LogP contribution >= 0.6 is 11.3 Å². The minimum atomic E-state index is -0.0290. The Kier molecular flexibility index (Phi) is 4.71. The predicted octanol–water partition coefficient (Wildman–Crippen LogP) is 3.58. The molecular formula is C17H19NO4S. The van der Waals surface area contributed by atoms with Crippen molar-refractivity contribution >= 4 is 17.2 Å². The summed E-state index contributed by atoms with van der Waals surface area (Å²) in [5, 5.41) is 4.90. The Morgan fingerprint density at radius 2 is 2.17 bits per heavy atom. The Morgan fingerprint density at radius 3 is 3.00 bits per heavy atom. The van der Waals surface area contributed by atoms with Gasteiger partial charge in [0.1, 0.15) is 12.4 Å². The Labute approximate surface area is 139 Å². The van der Waals surface area contributed by atoms with Gasteiger partial charge in [0.15, 0.2) is 11.5 Å². The SMILES string of the molecule is CCC(C)NC(=O)c1cc(COc2ccc3c(c2)OCO3)cs1. The van der Waals surface area contributed by atoms with Crippen LogP contribution in [0.2, 0.25) is 0 Å². The van der Waals surface area contributed by atoms with Gasteiger partial charge in [-0.2, -0.15) is 0 Å². The van der Waals surface area contributed by atoms with E-state index >= 15 is 0 Å². The van der Waals surface area contributed by atoms with Crippen molar-refractivity contribution in [3.63, 3.8) is 0 Å². The molecule has 5 nitrogen and oxygen atoms in total. The molecule has 2 heterocycles. The number of thiophene rings is 1. The van der Waals surface area contributed by atoms with Crippen LogP contribution in [0.15, 0.2) is 29.6 Å². The molecule has 1 aliphatic rings. The van der Waals surface area contributed by atoms with E-state index in [4.69, 9.17) is 14.2 Å². The lowest BCUT2D eigenvalue weighted by atomic mass is 10.2. The maximum absolute atomic E-state index is 12.1. The van der Waals surface area contributed by atoms with E-state index in [1.54, 1.807) is 0 Å². The van der Waals surface area contributed by atoms with Gasteiger partial charge in [-0.05, 0) is 36.9 Å². The van der Waals surface area contributed by atoms with Gasteiger partial charge in [0, 0.05) is 17.7 Å². The highest BCUT2D eigenvalue weighted by atomic mass is 32.1. The molecule has 0 saturated heterocycles. The topological polar surface area (TPSA) is 56.8 Å². The number of carbonyl (C=O) groups is 1. The first-order chi connectivity index (χ1) is 11.2. The lowest BCUT2D eigenvalue weighted by Gasteiger charge is -2.09. The molecule has 1 aromatic carbocycles. The standard InChI is InChI=1S/C17H19NO4S/c1-3-11(2)18-17(19)16-6-12(9-23-16)8-20-13-4-5-14-15(7-13)22-10-21-14/h4-7,9,11H,3,8,10H2,1-2H3,(H,18,19). The molecule has 23 heavy (non-hydrogen) atoms. The molecule has 0 fully saturated rings. The molecule has 6 heteroatoms. The Morgan fingerprint density at radius 1 is 1.35 bits per heavy atom. The highest BCUT2D eigenvalue weighted by Gasteiger charge is 2.14. The van der Waals surface area contributed by atoms with Crippen LogP contribution in [0, 0.1) is 0 Å². The van der Waals surface area contributed by atoms with Gasteiger partial charge in [-0.15, -0.1) is 11.3 Å². The predicted molar refractivity (Wildman–Crippen MR) is 88.4 cm³/mol. The minimum absolute atomic E-state index is 0.0290. The van der Waals surface area contributed by atoms with Crippen LogP contribution in [0.25, 0.3) is 0 Å². The zero-order valence-electron chi connectivity index (χ0n) is 13.1. The highest BCUT2D eigenvalue weighted by molar-refractivity contribution is 7.12. The fraction of sp³-hybridized carbons (Fsp3) is 0.353. The van der Waals surface area contributed by atoms with Crippen LogP contribution < -0.4 is 19.5 Å². The quantitative estimate of drug-likeness (QED) is 0.878. The number of ether oxygens (including phenoxy) is 3. The molecule has 0 radical (unpaired) electrons. The first-order valence-electron chi connectivity index (χ1n) is 7.56. The molecule has 1 amide bonds. The monoisotopic (exact) mass is 333 g/mol. The molecule has 1 unspecified atom stereocenters. The molecule has 1 atom stereocenters. The first-order valence-corrected chi connectivity index (χ1v) is 8.44. The fourth-order valence-electron chi connectivity index (χ4n) is 2.10. The average Bonchev–Trinajstić information content (AvgIpc) is 3.21. The van der Waals surface area contributed by atoms with Gasteiger partial charge in [-0.25, -0.2) is 0 Å². The van der Waals surface area contributed by atoms with Gasteiger partial charge in [0.05, 0.1) is 4.88 Å². The van der Waals surface area contributed by atoms with E-state index < -0.39 is 0 Å². The van der Waals surface area contributed by atoms with Crippen molar-refractivity contribution in [2.45, 2.75) is 32.9 Å². The second-order valence-corrected chi connectivity index (χ2v) is 6.32. The van der Waals surface area contributed by atoms with E-state index in [1.165, 1.54) is 11.3 Å². The van der Waals surface area contributed by atoms with Crippen molar-refractivity contribution < 1.29 is 19.0 Å². The molecule has 1 aliphatic heterocycles. The van der Waals surface area contributed by atoms with Gasteiger partial charge in [-0.3, -0.25) is 4.79 Å². The summed E-state index contributed by atoms with van der Waals surface area (Å²) in [6.07, 6.45) is 0.914. The Bertz CT molecular complexity index is 698. The second kappa shape index (κ2) is 6.91. The first kappa shape index (κ1) is 15.7. The molecular weight excluding hydrogens is 314 g/mol. The van der Waals surface area contributed by atoms with Crippen molar-refractivity contribution in [2.24, 2.45) is 0 Å². The lowest BCUT2D eigenvalue weighted by Crippen LogP contribution is -2.31. The third-order valence-electron chi connectivity index (χ3n) is 3.62. The summed E-state index contributed by atoms with van der Waals surface area (Å²) in [5.74, 6) is 2.11. The van der Waals surface area contributed by atoms with E-state index in [2.05, 4.69) is 5.32 Å². The largest absolute Gasteiger partial charge is 0.489 e. The summed E-state index contributed by atoms with van der Waals surface area (Å²) in [6.45, 7) is 4.70. The van der Waals surface area contributed by atoms with Crippen molar-refractivity contribution in [2.75, 3.05) is 6.79 Å². The van der Waals surface area contributed by atoms with E-state index in [0.717, 1.165) is 17.7 Å². The van der Waals surface area contributed by atoms with Gasteiger partial charge in [-0.1, -0.05) is 6.92 Å². The summed E-state index contributed by atoms with van der Waals surface area (Å²) < 4.78 is 16.3. The van der Waals surface area contributed by atoms with E-state index in [9.17, 15) is 4.79 Å². The van der Waals surface area contributed by atoms with Crippen LogP contribution in [0.1, 0.15) is 35.5 Å². The molecule has 122 valence electrons. The summed E-state index contributed by atoms with van der Waals surface area (Å²) in [4.78, 5) is 12.8. The van der Waals surface area contributed by atoms with Gasteiger partial charge < -0.3 is 19.5 Å². The van der Waals surface area contributed by atoms with Crippen molar-refractivity contribution in [1.29, 1.82) is 0 Å². The smallest absolute Gasteiger partial charge is 0.261 e. The summed E-state index contributed by atoms with van der Waals surface area (Å²) in [7, 11) is 0. The summed E-state index contributed by atoms with van der Waals surface area (Å²) >= 11 is 1.43.